The van der Waals surface area contributed by atoms with Crippen molar-refractivity contribution < 1.29 is 28.2 Å². The zero-order valence-corrected chi connectivity index (χ0v) is 22.1. The minimum Gasteiger partial charge on any atom is -0.465 e. The molecule has 3 atom stereocenters. The number of carbonyl (C=O) groups is 1. The highest BCUT2D eigenvalue weighted by Gasteiger charge is 2.53. The molecular formula is C26H42N2O6S. The van der Waals surface area contributed by atoms with Gasteiger partial charge in [0.05, 0.1) is 17.9 Å². The molecule has 0 spiro atoms. The number of nitrogens with zero attached hydrogens (tertiary/aromatic N) is 2. The summed E-state index contributed by atoms with van der Waals surface area (Å²) in [5.74, 6) is -0.155. The fourth-order valence-electron chi connectivity index (χ4n) is 5.58. The third-order valence-electron chi connectivity index (χ3n) is 7.34. The molecule has 2 N–H and O–H groups in total. The van der Waals surface area contributed by atoms with Crippen LogP contribution in [0, 0.1) is 5.92 Å². The van der Waals surface area contributed by atoms with E-state index in [1.165, 1.54) is 15.6 Å². The van der Waals surface area contributed by atoms with Crippen molar-refractivity contribution in [3.8, 4) is 0 Å². The number of hydrogen-bond acceptors (Lipinski definition) is 5. The lowest BCUT2D eigenvalue weighted by Gasteiger charge is -2.34. The van der Waals surface area contributed by atoms with Gasteiger partial charge in [-0.05, 0) is 38.2 Å². The lowest BCUT2D eigenvalue weighted by atomic mass is 9.83. The van der Waals surface area contributed by atoms with E-state index in [0.29, 0.717) is 25.3 Å². The van der Waals surface area contributed by atoms with Gasteiger partial charge in [-0.2, -0.15) is 4.31 Å². The molecule has 1 amide bonds. The van der Waals surface area contributed by atoms with Gasteiger partial charge in [-0.25, -0.2) is 13.2 Å². The first-order chi connectivity index (χ1) is 16.5. The fourth-order valence-corrected chi connectivity index (χ4v) is 7.16. The lowest BCUT2D eigenvalue weighted by molar-refractivity contribution is -0.0934. The summed E-state index contributed by atoms with van der Waals surface area (Å²) < 4.78 is 34.4. The van der Waals surface area contributed by atoms with Gasteiger partial charge < -0.3 is 14.9 Å². The van der Waals surface area contributed by atoms with Gasteiger partial charge in [-0.15, -0.1) is 0 Å². The number of hydrogen-bond donors (Lipinski definition) is 2. The van der Waals surface area contributed by atoms with E-state index in [-0.39, 0.29) is 6.54 Å². The van der Waals surface area contributed by atoms with Crippen LogP contribution in [0.15, 0.2) is 30.3 Å². The second kappa shape index (κ2) is 12.0. The van der Waals surface area contributed by atoms with Crippen molar-refractivity contribution in [2.75, 3.05) is 12.3 Å². The highest BCUT2D eigenvalue weighted by atomic mass is 32.2. The maximum absolute atomic E-state index is 13.5. The number of carboxylic acid groups (broad SMARTS) is 1. The van der Waals surface area contributed by atoms with Crippen LogP contribution >= 0.6 is 0 Å². The molecule has 1 saturated heterocycles. The monoisotopic (exact) mass is 510 g/mol. The Hall–Kier alpha value is -1.68. The van der Waals surface area contributed by atoms with E-state index in [1.807, 2.05) is 37.3 Å². The molecule has 1 aliphatic heterocycles. The molecule has 8 nitrogen and oxygen atoms in total. The lowest BCUT2D eigenvalue weighted by Crippen LogP contribution is -2.50. The van der Waals surface area contributed by atoms with Gasteiger partial charge in [-0.3, -0.25) is 4.90 Å². The Morgan fingerprint density at radius 2 is 1.86 bits per heavy atom. The van der Waals surface area contributed by atoms with Gasteiger partial charge in [0.1, 0.15) is 11.8 Å². The van der Waals surface area contributed by atoms with E-state index in [4.69, 9.17) is 4.74 Å². The molecule has 9 heteroatoms. The van der Waals surface area contributed by atoms with Crippen LogP contribution in [0.25, 0.3) is 0 Å². The summed E-state index contributed by atoms with van der Waals surface area (Å²) in [6.07, 6.45) is 4.24. The number of ether oxygens (including phenoxy) is 1. The van der Waals surface area contributed by atoms with Gasteiger partial charge in [0, 0.05) is 13.1 Å². The van der Waals surface area contributed by atoms with Crippen molar-refractivity contribution in [3.63, 3.8) is 0 Å². The number of rotatable bonds is 11. The molecule has 1 aliphatic carbocycles. The topological polar surface area (TPSA) is 107 Å². The Balaban J connectivity index is 1.80. The minimum atomic E-state index is -3.82. The molecule has 1 saturated carbocycles. The molecule has 2 fully saturated rings. The third kappa shape index (κ3) is 7.18. The van der Waals surface area contributed by atoms with Gasteiger partial charge in [0.25, 0.3) is 0 Å². The van der Waals surface area contributed by atoms with Crippen molar-refractivity contribution in [2.45, 2.75) is 103 Å². The van der Waals surface area contributed by atoms with E-state index in [9.17, 15) is 23.4 Å². The van der Waals surface area contributed by atoms with Crippen LogP contribution in [0.3, 0.4) is 0 Å². The molecule has 1 heterocycles. The Bertz CT molecular complexity index is 917. The molecule has 0 bridgehead atoms. The van der Waals surface area contributed by atoms with Crippen molar-refractivity contribution >= 4 is 16.1 Å². The Morgan fingerprint density at radius 1 is 1.20 bits per heavy atom. The first-order valence-corrected chi connectivity index (χ1v) is 14.6. The average molecular weight is 511 g/mol. The normalized spacial score (nSPS) is 24.1. The second-order valence-electron chi connectivity index (χ2n) is 10.5. The van der Waals surface area contributed by atoms with Crippen LogP contribution < -0.4 is 0 Å². The van der Waals surface area contributed by atoms with E-state index in [2.05, 4.69) is 0 Å². The molecule has 0 radical (unpaired) electrons. The number of aliphatic hydroxyl groups excluding tert-OH is 1. The first kappa shape index (κ1) is 27.9. The summed E-state index contributed by atoms with van der Waals surface area (Å²) in [6.45, 7) is 5.94. The highest BCUT2D eigenvalue weighted by molar-refractivity contribution is 7.89. The molecule has 3 rings (SSSR count). The summed E-state index contributed by atoms with van der Waals surface area (Å²) in [5, 5.41) is 21.2. The fraction of sp³-hybridized carbons (Fsp3) is 0.731. The predicted octanol–water partition coefficient (Wildman–Crippen LogP) is 4.43. The summed E-state index contributed by atoms with van der Waals surface area (Å²) in [4.78, 5) is 13.5. The van der Waals surface area contributed by atoms with Gasteiger partial charge >= 0.3 is 6.09 Å². The third-order valence-corrected chi connectivity index (χ3v) is 9.20. The van der Waals surface area contributed by atoms with Crippen LogP contribution in [0.1, 0.15) is 77.7 Å². The van der Waals surface area contributed by atoms with E-state index < -0.39 is 45.8 Å². The van der Waals surface area contributed by atoms with Crippen molar-refractivity contribution in [3.05, 3.63) is 35.9 Å². The first-order valence-electron chi connectivity index (χ1n) is 12.9. The molecule has 0 aromatic heterocycles. The van der Waals surface area contributed by atoms with Crippen LogP contribution in [0.2, 0.25) is 0 Å². The minimum absolute atomic E-state index is 0.236. The summed E-state index contributed by atoms with van der Waals surface area (Å²) in [5.41, 5.74) is -0.265. The Kier molecular flexibility index (Phi) is 9.60. The Labute approximate surface area is 210 Å². The smallest absolute Gasteiger partial charge is 0.409 e. The number of aliphatic hydroxyl groups is 1. The van der Waals surface area contributed by atoms with Crippen molar-refractivity contribution in [2.24, 2.45) is 5.92 Å². The number of unbranched alkanes of at least 4 members (excludes halogenated alkanes) is 1. The number of amides is 1. The zero-order valence-electron chi connectivity index (χ0n) is 21.3. The van der Waals surface area contributed by atoms with Crippen LogP contribution in [0.4, 0.5) is 4.79 Å². The number of sulfonamides is 1. The average Bonchev–Trinajstić information content (AvgIpc) is 3.07. The molecule has 198 valence electrons. The van der Waals surface area contributed by atoms with Crippen LogP contribution in [0.5, 0.6) is 0 Å². The van der Waals surface area contributed by atoms with Gasteiger partial charge in [-0.1, -0.05) is 75.8 Å². The largest absolute Gasteiger partial charge is 0.465 e. The highest BCUT2D eigenvalue weighted by Crippen LogP contribution is 2.39. The van der Waals surface area contributed by atoms with Crippen molar-refractivity contribution in [1.29, 1.82) is 0 Å². The van der Waals surface area contributed by atoms with E-state index >= 15 is 0 Å². The van der Waals surface area contributed by atoms with E-state index in [1.54, 1.807) is 13.8 Å². The second-order valence-corrected chi connectivity index (χ2v) is 12.5. The number of benzene rings is 1. The summed E-state index contributed by atoms with van der Waals surface area (Å²) >= 11 is 0. The molecular weight excluding hydrogens is 468 g/mol. The van der Waals surface area contributed by atoms with Gasteiger partial charge in [0.15, 0.2) is 0 Å². The maximum Gasteiger partial charge on any atom is 0.409 e. The molecule has 1 aromatic carbocycles. The predicted molar refractivity (Wildman–Crippen MR) is 135 cm³/mol. The zero-order chi connectivity index (χ0) is 25.6. The standard InChI is InChI=1S/C26H42N2O6S/c1-4-5-16-27(18-21-14-10-7-11-15-21)35(32,33)19-23(29)24-22(17-20-12-8-6-9-13-20)28(25(30)31)26(2,3)34-24/h7,10-11,14-15,20,22-24,29H,4-6,8-9,12-13,16-19H2,1-3H3,(H,30,31)/t22-,23?,24-/m0/s1. The molecule has 1 unspecified atom stereocenters. The quantitative estimate of drug-likeness (QED) is 0.456. The summed E-state index contributed by atoms with van der Waals surface area (Å²) in [6, 6.07) is 8.82. The van der Waals surface area contributed by atoms with E-state index in [0.717, 1.165) is 37.7 Å². The van der Waals surface area contributed by atoms with Crippen LogP contribution in [-0.4, -0.2) is 70.2 Å². The Morgan fingerprint density at radius 3 is 2.46 bits per heavy atom. The maximum atomic E-state index is 13.5. The van der Waals surface area contributed by atoms with Crippen LogP contribution in [-0.2, 0) is 21.3 Å². The van der Waals surface area contributed by atoms with Crippen molar-refractivity contribution in [1.82, 2.24) is 9.21 Å². The molecule has 1 aromatic rings. The SMILES string of the molecule is CCCCN(Cc1ccccc1)S(=O)(=O)CC(O)[C@H]1OC(C)(C)N(C(=O)O)[C@H]1CC1CCCCC1. The molecule has 35 heavy (non-hydrogen) atoms. The molecule has 2 aliphatic rings. The summed E-state index contributed by atoms with van der Waals surface area (Å²) in [7, 11) is -3.82. The van der Waals surface area contributed by atoms with Gasteiger partial charge in [0.2, 0.25) is 10.0 Å².